The fraction of sp³-hybridized carbons (Fsp3) is 0.941. The van der Waals surface area contributed by atoms with Crippen molar-refractivity contribution in [3.63, 3.8) is 0 Å². The predicted octanol–water partition coefficient (Wildman–Crippen LogP) is 2.10. The summed E-state index contributed by atoms with van der Waals surface area (Å²) in [6.45, 7) is 7.35. The van der Waals surface area contributed by atoms with E-state index >= 15 is 0 Å². The maximum atomic E-state index is 12.2. The van der Waals surface area contributed by atoms with Gasteiger partial charge in [-0.05, 0) is 59.7 Å². The lowest BCUT2D eigenvalue weighted by atomic mass is 9.88. The molecular formula is C17H33N3O. The quantitative estimate of drug-likeness (QED) is 0.844. The lowest BCUT2D eigenvalue weighted by Crippen LogP contribution is -2.46. The van der Waals surface area contributed by atoms with Gasteiger partial charge in [0.1, 0.15) is 0 Å². The number of carbonyl (C=O) groups excluding carboxylic acids is 1. The highest BCUT2D eigenvalue weighted by Gasteiger charge is 2.39. The van der Waals surface area contributed by atoms with Gasteiger partial charge in [-0.1, -0.05) is 19.3 Å². The van der Waals surface area contributed by atoms with Crippen LogP contribution >= 0.6 is 0 Å². The first-order chi connectivity index (χ1) is 9.89. The van der Waals surface area contributed by atoms with Crippen LogP contribution in [0.25, 0.3) is 0 Å². The normalized spacial score (nSPS) is 27.2. The number of hydrogen-bond acceptors (Lipinski definition) is 3. The summed E-state index contributed by atoms with van der Waals surface area (Å²) in [5.41, 5.74) is 0.244. The minimum Gasteiger partial charge on any atom is -0.352 e. The molecule has 1 atom stereocenters. The van der Waals surface area contributed by atoms with Crippen molar-refractivity contribution in [1.82, 2.24) is 15.1 Å². The van der Waals surface area contributed by atoms with Crippen LogP contribution in [0.1, 0.15) is 52.4 Å². The molecule has 0 spiro atoms. The van der Waals surface area contributed by atoms with Gasteiger partial charge in [0.2, 0.25) is 5.91 Å². The van der Waals surface area contributed by atoms with Crippen LogP contribution in [-0.2, 0) is 4.79 Å². The van der Waals surface area contributed by atoms with Gasteiger partial charge in [-0.3, -0.25) is 9.69 Å². The van der Waals surface area contributed by atoms with Crippen LogP contribution in [0.5, 0.6) is 0 Å². The van der Waals surface area contributed by atoms with Crippen molar-refractivity contribution in [2.45, 2.75) is 64.0 Å². The number of nitrogens with zero attached hydrogens (tertiary/aromatic N) is 2. The molecule has 1 unspecified atom stereocenters. The van der Waals surface area contributed by atoms with E-state index in [0.717, 1.165) is 19.4 Å². The average Bonchev–Trinajstić information content (AvgIpc) is 2.66. The molecule has 21 heavy (non-hydrogen) atoms. The van der Waals surface area contributed by atoms with Gasteiger partial charge in [-0.15, -0.1) is 0 Å². The van der Waals surface area contributed by atoms with Crippen LogP contribution in [0.4, 0.5) is 0 Å². The molecule has 1 aliphatic heterocycles. The van der Waals surface area contributed by atoms with E-state index < -0.39 is 0 Å². The lowest BCUT2D eigenvalue weighted by Gasteiger charge is -2.35. The lowest BCUT2D eigenvalue weighted by molar-refractivity contribution is -0.123. The Morgan fingerprint density at radius 3 is 2.48 bits per heavy atom. The minimum absolute atomic E-state index is 0.202. The molecule has 0 radical (unpaired) electrons. The summed E-state index contributed by atoms with van der Waals surface area (Å²) in [7, 11) is 4.28. The molecule has 1 heterocycles. The Morgan fingerprint density at radius 2 is 1.90 bits per heavy atom. The van der Waals surface area contributed by atoms with Crippen molar-refractivity contribution in [2.24, 2.45) is 5.92 Å². The van der Waals surface area contributed by atoms with Gasteiger partial charge >= 0.3 is 0 Å². The molecule has 1 saturated carbocycles. The number of likely N-dealkylation sites (tertiary alicyclic amines) is 1. The standard InChI is InChI=1S/C17H33N3O/c1-17(2)14(10-11-20(17)4)12-19(3)13-16(21)18-15-8-6-5-7-9-15/h14-15H,5-13H2,1-4H3,(H,18,21). The number of rotatable bonds is 5. The third kappa shape index (κ3) is 4.43. The summed E-state index contributed by atoms with van der Waals surface area (Å²) < 4.78 is 0. The van der Waals surface area contributed by atoms with Crippen LogP contribution in [0.3, 0.4) is 0 Å². The van der Waals surface area contributed by atoms with Crippen LogP contribution in [0.2, 0.25) is 0 Å². The molecule has 1 saturated heterocycles. The Hall–Kier alpha value is -0.610. The molecule has 0 bridgehead atoms. The van der Waals surface area contributed by atoms with Gasteiger partial charge in [0.25, 0.3) is 0 Å². The van der Waals surface area contributed by atoms with Crippen LogP contribution in [0.15, 0.2) is 0 Å². The molecule has 0 aromatic heterocycles. The van der Waals surface area contributed by atoms with E-state index in [1.807, 2.05) is 0 Å². The number of hydrogen-bond donors (Lipinski definition) is 1. The Labute approximate surface area is 130 Å². The molecule has 0 aromatic carbocycles. The minimum atomic E-state index is 0.202. The van der Waals surface area contributed by atoms with Crippen molar-refractivity contribution in [1.29, 1.82) is 0 Å². The smallest absolute Gasteiger partial charge is 0.234 e. The third-order valence-corrected chi connectivity index (χ3v) is 5.71. The highest BCUT2D eigenvalue weighted by molar-refractivity contribution is 5.78. The first-order valence-electron chi connectivity index (χ1n) is 8.58. The SMILES string of the molecule is CN(CC(=O)NC1CCCCC1)CC1CCN(C)C1(C)C. The van der Waals surface area contributed by atoms with E-state index in [2.05, 4.69) is 43.1 Å². The molecule has 2 fully saturated rings. The van der Waals surface area contributed by atoms with Gasteiger partial charge in [-0.25, -0.2) is 0 Å². The molecule has 1 aliphatic carbocycles. The topological polar surface area (TPSA) is 35.6 Å². The second-order valence-electron chi connectivity index (χ2n) is 7.66. The highest BCUT2D eigenvalue weighted by atomic mass is 16.2. The van der Waals surface area contributed by atoms with E-state index in [4.69, 9.17) is 0 Å². The zero-order valence-corrected chi connectivity index (χ0v) is 14.3. The van der Waals surface area contributed by atoms with Gasteiger partial charge in [0.15, 0.2) is 0 Å². The van der Waals surface area contributed by atoms with E-state index in [0.29, 0.717) is 18.5 Å². The van der Waals surface area contributed by atoms with Crippen LogP contribution < -0.4 is 5.32 Å². The van der Waals surface area contributed by atoms with Gasteiger partial charge < -0.3 is 10.2 Å². The van der Waals surface area contributed by atoms with Crippen molar-refractivity contribution in [2.75, 3.05) is 33.7 Å². The zero-order valence-electron chi connectivity index (χ0n) is 14.3. The van der Waals surface area contributed by atoms with Crippen molar-refractivity contribution in [3.05, 3.63) is 0 Å². The molecule has 2 rings (SSSR count). The number of likely N-dealkylation sites (N-methyl/N-ethyl adjacent to an activating group) is 1. The van der Waals surface area contributed by atoms with Gasteiger partial charge in [-0.2, -0.15) is 0 Å². The van der Waals surface area contributed by atoms with Gasteiger partial charge in [0.05, 0.1) is 6.54 Å². The fourth-order valence-electron chi connectivity index (χ4n) is 3.82. The molecule has 1 N–H and O–H groups in total. The van der Waals surface area contributed by atoms with Crippen LogP contribution in [0, 0.1) is 5.92 Å². The molecule has 1 amide bonds. The highest BCUT2D eigenvalue weighted by Crippen LogP contribution is 2.33. The molecule has 122 valence electrons. The number of amides is 1. The summed E-state index contributed by atoms with van der Waals surface area (Å²) >= 11 is 0. The van der Waals surface area contributed by atoms with E-state index in [1.165, 1.54) is 32.2 Å². The third-order valence-electron chi connectivity index (χ3n) is 5.71. The molecule has 4 nitrogen and oxygen atoms in total. The maximum Gasteiger partial charge on any atom is 0.234 e. The van der Waals surface area contributed by atoms with Crippen molar-refractivity contribution >= 4 is 5.91 Å². The summed E-state index contributed by atoms with van der Waals surface area (Å²) in [6.07, 6.45) is 7.42. The Morgan fingerprint density at radius 1 is 1.24 bits per heavy atom. The summed E-state index contributed by atoms with van der Waals surface area (Å²) in [5.74, 6) is 0.850. The first-order valence-corrected chi connectivity index (χ1v) is 8.58. The second kappa shape index (κ2) is 7.10. The predicted molar refractivity (Wildman–Crippen MR) is 87.3 cm³/mol. The first kappa shape index (κ1) is 16.8. The van der Waals surface area contributed by atoms with E-state index in [-0.39, 0.29) is 11.4 Å². The van der Waals surface area contributed by atoms with Crippen molar-refractivity contribution in [3.8, 4) is 0 Å². The second-order valence-corrected chi connectivity index (χ2v) is 7.66. The summed E-state index contributed by atoms with van der Waals surface area (Å²) in [4.78, 5) is 16.8. The maximum absolute atomic E-state index is 12.2. The summed E-state index contributed by atoms with van der Waals surface area (Å²) in [6, 6.07) is 0.425. The zero-order chi connectivity index (χ0) is 15.5. The number of carbonyl (C=O) groups is 1. The Kier molecular flexibility index (Phi) is 5.67. The molecule has 0 aromatic rings. The van der Waals surface area contributed by atoms with E-state index in [1.54, 1.807) is 0 Å². The number of nitrogens with one attached hydrogen (secondary N) is 1. The summed E-state index contributed by atoms with van der Waals surface area (Å²) in [5, 5.41) is 3.21. The molecule has 4 heteroatoms. The van der Waals surface area contributed by atoms with Gasteiger partial charge in [0, 0.05) is 18.1 Å². The van der Waals surface area contributed by atoms with Crippen LogP contribution in [-0.4, -0.2) is 61.0 Å². The molecular weight excluding hydrogens is 262 g/mol. The Balaban J connectivity index is 1.73. The largest absolute Gasteiger partial charge is 0.352 e. The monoisotopic (exact) mass is 295 g/mol. The Bertz CT molecular complexity index is 350. The average molecular weight is 295 g/mol. The fourth-order valence-corrected chi connectivity index (χ4v) is 3.82. The van der Waals surface area contributed by atoms with Crippen molar-refractivity contribution < 1.29 is 4.79 Å². The van der Waals surface area contributed by atoms with E-state index in [9.17, 15) is 4.79 Å². The molecule has 2 aliphatic rings.